The first-order valence-corrected chi connectivity index (χ1v) is 10.2. The molecule has 8 nitrogen and oxygen atoms in total. The summed E-state index contributed by atoms with van der Waals surface area (Å²) < 4.78 is 0. The molecule has 0 spiro atoms. The second-order valence-corrected chi connectivity index (χ2v) is 7.58. The Morgan fingerprint density at radius 1 is 1.03 bits per heavy atom. The smallest absolute Gasteiger partial charge is 0.254 e. The van der Waals surface area contributed by atoms with Crippen molar-refractivity contribution in [1.29, 1.82) is 0 Å². The summed E-state index contributed by atoms with van der Waals surface area (Å²) in [6, 6.07) is 12.0. The Morgan fingerprint density at radius 3 is 2.57 bits per heavy atom. The van der Waals surface area contributed by atoms with E-state index in [2.05, 4.69) is 20.5 Å². The van der Waals surface area contributed by atoms with Crippen molar-refractivity contribution >= 4 is 23.4 Å². The predicted molar refractivity (Wildman–Crippen MR) is 112 cm³/mol. The second-order valence-electron chi connectivity index (χ2n) is 7.58. The number of hydrogen-bond donors (Lipinski definition) is 2. The lowest BCUT2D eigenvalue weighted by molar-refractivity contribution is -0.133. The molecule has 4 rings (SSSR count). The number of nitrogens with one attached hydrogen (secondary N) is 2. The van der Waals surface area contributed by atoms with E-state index in [1.54, 1.807) is 30.5 Å². The van der Waals surface area contributed by atoms with Gasteiger partial charge in [-0.3, -0.25) is 24.3 Å². The fourth-order valence-electron chi connectivity index (χ4n) is 3.82. The molecule has 0 bridgehead atoms. The summed E-state index contributed by atoms with van der Waals surface area (Å²) in [6.45, 7) is 3.66. The Labute approximate surface area is 175 Å². The van der Waals surface area contributed by atoms with Crippen molar-refractivity contribution in [2.75, 3.05) is 31.5 Å². The molecule has 1 aromatic heterocycles. The molecule has 2 aliphatic rings. The van der Waals surface area contributed by atoms with E-state index < -0.39 is 6.04 Å². The van der Waals surface area contributed by atoms with Crippen molar-refractivity contribution in [2.45, 2.75) is 25.4 Å². The second kappa shape index (κ2) is 9.04. The highest BCUT2D eigenvalue weighted by atomic mass is 16.2. The Balaban J connectivity index is 1.26. The molecule has 8 heteroatoms. The van der Waals surface area contributed by atoms with E-state index in [1.807, 2.05) is 23.1 Å². The maximum atomic E-state index is 12.6. The molecular weight excluding hydrogens is 382 g/mol. The minimum Gasteiger partial charge on any atom is -0.340 e. The van der Waals surface area contributed by atoms with Crippen LogP contribution >= 0.6 is 0 Å². The van der Waals surface area contributed by atoms with E-state index in [0.717, 1.165) is 25.3 Å². The van der Waals surface area contributed by atoms with Crippen LogP contribution < -0.4 is 10.6 Å². The van der Waals surface area contributed by atoms with Crippen LogP contribution in [0.5, 0.6) is 0 Å². The van der Waals surface area contributed by atoms with Crippen LogP contribution in [0, 0.1) is 0 Å². The molecule has 0 saturated carbocycles. The molecule has 30 heavy (non-hydrogen) atoms. The third-order valence-corrected chi connectivity index (χ3v) is 5.54. The molecule has 1 unspecified atom stereocenters. The predicted octanol–water partition coefficient (Wildman–Crippen LogP) is 1.26. The van der Waals surface area contributed by atoms with Crippen LogP contribution in [0.2, 0.25) is 0 Å². The average Bonchev–Trinajstić information content (AvgIpc) is 2.89. The lowest BCUT2D eigenvalue weighted by Crippen LogP contribution is -2.49. The number of nitrogens with zero attached hydrogens (tertiary/aromatic N) is 3. The van der Waals surface area contributed by atoms with Gasteiger partial charge in [0.2, 0.25) is 11.8 Å². The number of carbonyl (C=O) groups is 3. The van der Waals surface area contributed by atoms with Gasteiger partial charge in [-0.25, -0.2) is 0 Å². The third-order valence-electron chi connectivity index (χ3n) is 5.54. The first kappa shape index (κ1) is 20.0. The van der Waals surface area contributed by atoms with Crippen LogP contribution in [0.25, 0.3) is 0 Å². The highest BCUT2D eigenvalue weighted by Gasteiger charge is 2.29. The molecule has 2 N–H and O–H groups in total. The number of benzene rings is 1. The van der Waals surface area contributed by atoms with Gasteiger partial charge in [0.05, 0.1) is 16.9 Å². The first-order valence-electron chi connectivity index (χ1n) is 10.2. The van der Waals surface area contributed by atoms with Crippen molar-refractivity contribution in [2.24, 2.45) is 0 Å². The number of piperazine rings is 1. The van der Waals surface area contributed by atoms with Crippen LogP contribution in [-0.2, 0) is 16.1 Å². The molecule has 2 aromatic rings. The molecule has 1 fully saturated rings. The lowest BCUT2D eigenvalue weighted by atomic mass is 10.1. The Hall–Kier alpha value is -3.26. The van der Waals surface area contributed by atoms with E-state index >= 15 is 0 Å². The van der Waals surface area contributed by atoms with Gasteiger partial charge in [-0.05, 0) is 30.7 Å². The third kappa shape index (κ3) is 4.65. The van der Waals surface area contributed by atoms with E-state index in [0.29, 0.717) is 24.3 Å². The number of pyridine rings is 1. The van der Waals surface area contributed by atoms with Gasteiger partial charge in [0.15, 0.2) is 0 Å². The number of para-hydroxylation sites is 1. The van der Waals surface area contributed by atoms with E-state index in [9.17, 15) is 14.4 Å². The molecule has 1 atom stereocenters. The lowest BCUT2D eigenvalue weighted by Gasteiger charge is -2.34. The van der Waals surface area contributed by atoms with Gasteiger partial charge in [0, 0.05) is 45.3 Å². The minimum atomic E-state index is -0.723. The molecule has 1 aromatic carbocycles. The average molecular weight is 407 g/mol. The zero-order chi connectivity index (χ0) is 20.9. The van der Waals surface area contributed by atoms with Crippen LogP contribution in [0.4, 0.5) is 5.69 Å². The maximum absolute atomic E-state index is 12.6. The molecule has 2 aliphatic heterocycles. The quantitative estimate of drug-likeness (QED) is 0.778. The summed E-state index contributed by atoms with van der Waals surface area (Å²) in [5, 5.41) is 5.52. The summed E-state index contributed by atoms with van der Waals surface area (Å²) in [4.78, 5) is 46.0. The number of amides is 3. The van der Waals surface area contributed by atoms with Crippen molar-refractivity contribution in [3.05, 3.63) is 59.9 Å². The number of carbonyl (C=O) groups excluding carboxylic acids is 3. The Morgan fingerprint density at radius 2 is 1.80 bits per heavy atom. The minimum absolute atomic E-state index is 0.0105. The van der Waals surface area contributed by atoms with Gasteiger partial charge < -0.3 is 15.5 Å². The molecule has 1 saturated heterocycles. The highest BCUT2D eigenvalue weighted by Crippen LogP contribution is 2.19. The van der Waals surface area contributed by atoms with Crippen molar-refractivity contribution in [3.8, 4) is 0 Å². The van der Waals surface area contributed by atoms with Gasteiger partial charge in [-0.15, -0.1) is 0 Å². The number of aromatic nitrogens is 1. The Bertz CT molecular complexity index is 925. The molecular formula is C22H25N5O3. The monoisotopic (exact) mass is 407 g/mol. The van der Waals surface area contributed by atoms with Gasteiger partial charge in [-0.2, -0.15) is 0 Å². The fourth-order valence-corrected chi connectivity index (χ4v) is 3.82. The topological polar surface area (TPSA) is 94.6 Å². The zero-order valence-corrected chi connectivity index (χ0v) is 16.7. The fraction of sp³-hybridized carbons (Fsp3) is 0.364. The van der Waals surface area contributed by atoms with E-state index in [1.165, 1.54) is 0 Å². The normalized spacial score (nSPS) is 19.5. The molecule has 3 amide bonds. The summed E-state index contributed by atoms with van der Waals surface area (Å²) in [7, 11) is 0. The first-order chi connectivity index (χ1) is 14.6. The number of anilines is 1. The van der Waals surface area contributed by atoms with E-state index in [4.69, 9.17) is 0 Å². The molecule has 156 valence electrons. The molecule has 0 radical (unpaired) electrons. The molecule has 3 heterocycles. The highest BCUT2D eigenvalue weighted by molar-refractivity contribution is 6.09. The van der Waals surface area contributed by atoms with Gasteiger partial charge in [0.25, 0.3) is 5.91 Å². The van der Waals surface area contributed by atoms with Crippen molar-refractivity contribution in [3.63, 3.8) is 0 Å². The van der Waals surface area contributed by atoms with Gasteiger partial charge >= 0.3 is 0 Å². The maximum Gasteiger partial charge on any atom is 0.254 e. The summed E-state index contributed by atoms with van der Waals surface area (Å²) >= 11 is 0. The summed E-state index contributed by atoms with van der Waals surface area (Å²) in [6.07, 6.45) is 2.28. The van der Waals surface area contributed by atoms with Gasteiger partial charge in [-0.1, -0.05) is 18.2 Å². The molecule has 0 aliphatic carbocycles. The largest absolute Gasteiger partial charge is 0.340 e. The summed E-state index contributed by atoms with van der Waals surface area (Å²) in [5.41, 5.74) is 1.95. The van der Waals surface area contributed by atoms with Gasteiger partial charge in [0.1, 0.15) is 6.04 Å². The SMILES string of the molecule is O=C1NC(CCC(=O)N2CCN(Cc3ccccn3)CC2)C(=O)Nc2ccccc21. The van der Waals surface area contributed by atoms with Crippen molar-refractivity contribution < 1.29 is 14.4 Å². The summed E-state index contributed by atoms with van der Waals surface area (Å²) in [5.74, 6) is -0.581. The van der Waals surface area contributed by atoms with Crippen molar-refractivity contribution in [1.82, 2.24) is 20.1 Å². The Kier molecular flexibility index (Phi) is 6.04. The van der Waals surface area contributed by atoms with E-state index in [-0.39, 0.29) is 30.6 Å². The van der Waals surface area contributed by atoms with Crippen LogP contribution in [0.1, 0.15) is 28.9 Å². The standard InChI is InChI=1S/C22H25N5O3/c28-20(27-13-11-26(12-14-27)15-16-5-3-4-10-23-16)9-8-19-22(30)24-18-7-2-1-6-17(18)21(29)25-19/h1-7,10,19H,8-9,11-15H2,(H,24,30)(H,25,29). The zero-order valence-electron chi connectivity index (χ0n) is 16.7. The number of rotatable bonds is 5. The number of fused-ring (bicyclic) bond motifs is 1. The van der Waals surface area contributed by atoms with Crippen LogP contribution in [0.3, 0.4) is 0 Å². The number of hydrogen-bond acceptors (Lipinski definition) is 5. The van der Waals surface area contributed by atoms with Crippen LogP contribution in [-0.4, -0.2) is 64.7 Å². The van der Waals surface area contributed by atoms with Crippen LogP contribution in [0.15, 0.2) is 48.7 Å².